The smallest absolute Gasteiger partial charge is 0.439 e. The number of hydrogen-bond acceptors (Lipinski definition) is 9. The van der Waals surface area contributed by atoms with Crippen molar-refractivity contribution in [1.82, 2.24) is 20.0 Å². The lowest BCUT2D eigenvalue weighted by molar-refractivity contribution is 0.0188. The lowest BCUT2D eigenvalue weighted by atomic mass is 10.0. The first-order valence-electron chi connectivity index (χ1n) is 11.3. The average Bonchev–Trinajstić information content (AvgIpc) is 3.53. The first-order chi connectivity index (χ1) is 17.1. The van der Waals surface area contributed by atoms with Crippen LogP contribution < -0.4 is 15.2 Å². The number of morpholine rings is 1. The number of ether oxygens (including phenoxy) is 3. The van der Waals surface area contributed by atoms with Crippen LogP contribution in [0, 0.1) is 6.92 Å². The first kappa shape index (κ1) is 22.9. The van der Waals surface area contributed by atoms with Gasteiger partial charge in [0, 0.05) is 18.7 Å². The highest BCUT2D eigenvalue weighted by molar-refractivity contribution is 5.60. The molecule has 0 aliphatic carbocycles. The molecule has 1 saturated heterocycles. The molecular weight excluding hydrogens is 452 g/mol. The maximum Gasteiger partial charge on any atom is 0.439 e. The van der Waals surface area contributed by atoms with Crippen molar-refractivity contribution >= 4 is 0 Å². The number of aromatic amines is 1. The molecule has 10 nitrogen and oxygen atoms in total. The Morgan fingerprint density at radius 3 is 2.57 bits per heavy atom. The second kappa shape index (κ2) is 10.2. The minimum absolute atomic E-state index is 0.135. The van der Waals surface area contributed by atoms with Crippen LogP contribution in [0.15, 0.2) is 62.4 Å². The highest BCUT2D eigenvalue weighted by atomic mass is 16.5. The number of methoxy groups -OCH3 is 1. The molecule has 1 atom stereocenters. The summed E-state index contributed by atoms with van der Waals surface area (Å²) < 4.78 is 27.5. The Bertz CT molecular complexity index is 1320. The molecule has 5 rings (SSSR count). The summed E-state index contributed by atoms with van der Waals surface area (Å²) >= 11 is 0. The van der Waals surface area contributed by atoms with Gasteiger partial charge in [0.05, 0.1) is 26.5 Å². The summed E-state index contributed by atoms with van der Waals surface area (Å²) in [7, 11) is 1.65. The molecule has 1 fully saturated rings. The Balaban J connectivity index is 1.31. The molecule has 0 saturated carbocycles. The van der Waals surface area contributed by atoms with Crippen molar-refractivity contribution in [2.45, 2.75) is 19.6 Å². The van der Waals surface area contributed by atoms with Gasteiger partial charge in [-0.05, 0) is 48.4 Å². The lowest BCUT2D eigenvalue weighted by Gasteiger charge is -2.33. The van der Waals surface area contributed by atoms with E-state index in [2.05, 4.69) is 24.5 Å². The third-order valence-corrected chi connectivity index (χ3v) is 5.92. The summed E-state index contributed by atoms with van der Waals surface area (Å²) in [6.07, 6.45) is 1.70. The van der Waals surface area contributed by atoms with Crippen LogP contribution >= 0.6 is 0 Å². The van der Waals surface area contributed by atoms with Crippen molar-refractivity contribution in [3.05, 3.63) is 82.0 Å². The zero-order valence-corrected chi connectivity index (χ0v) is 19.5. The normalized spacial score (nSPS) is 15.1. The van der Waals surface area contributed by atoms with Crippen molar-refractivity contribution in [3.63, 3.8) is 0 Å². The Kier molecular flexibility index (Phi) is 6.64. The minimum Gasteiger partial charge on any atom is -0.497 e. The summed E-state index contributed by atoms with van der Waals surface area (Å²) in [5, 5.41) is 3.74. The van der Waals surface area contributed by atoms with Gasteiger partial charge in [-0.15, -0.1) is 0 Å². The van der Waals surface area contributed by atoms with Gasteiger partial charge in [-0.2, -0.15) is 0 Å². The third-order valence-electron chi connectivity index (χ3n) is 5.92. The molecule has 1 aliphatic rings. The predicted molar refractivity (Wildman–Crippen MR) is 125 cm³/mol. The van der Waals surface area contributed by atoms with E-state index >= 15 is 0 Å². The quantitative estimate of drug-likeness (QED) is 0.407. The maximum absolute atomic E-state index is 11.2. The van der Waals surface area contributed by atoms with E-state index in [1.165, 1.54) is 0 Å². The standard InChI is InChI=1S/C25H26N4O6/c1-16-13-19(7-8-21(16)23-27-25(30)35-28-23)33-15-20-14-26-24(34-20)22(29-9-11-32-12-10-29)17-3-5-18(31-2)6-4-17/h3-8,13-14,22H,9-12,15H2,1-2H3,(H,27,28,30). The van der Waals surface area contributed by atoms with E-state index in [-0.39, 0.29) is 12.6 Å². The van der Waals surface area contributed by atoms with Gasteiger partial charge in [-0.25, -0.2) is 9.78 Å². The summed E-state index contributed by atoms with van der Waals surface area (Å²) in [6, 6.07) is 13.3. The van der Waals surface area contributed by atoms with Crippen LogP contribution in [-0.2, 0) is 11.3 Å². The van der Waals surface area contributed by atoms with E-state index in [4.69, 9.17) is 18.6 Å². The second-order valence-corrected chi connectivity index (χ2v) is 8.20. The van der Waals surface area contributed by atoms with E-state index in [1.807, 2.05) is 43.3 Å². The van der Waals surface area contributed by atoms with Crippen molar-refractivity contribution < 1.29 is 23.2 Å². The number of oxazole rings is 1. The largest absolute Gasteiger partial charge is 0.497 e. The second-order valence-electron chi connectivity index (χ2n) is 8.20. The molecule has 35 heavy (non-hydrogen) atoms. The van der Waals surface area contributed by atoms with Crippen LogP contribution in [0.2, 0.25) is 0 Å². The number of aromatic nitrogens is 3. The summed E-state index contributed by atoms with van der Waals surface area (Å²) in [4.78, 5) is 20.7. The highest BCUT2D eigenvalue weighted by Gasteiger charge is 2.28. The Morgan fingerprint density at radius 2 is 1.89 bits per heavy atom. The number of nitrogens with one attached hydrogen (secondary N) is 1. The van der Waals surface area contributed by atoms with Gasteiger partial charge in [-0.3, -0.25) is 14.4 Å². The first-order valence-corrected chi connectivity index (χ1v) is 11.3. The Labute approximate surface area is 201 Å². The number of aryl methyl sites for hydroxylation is 1. The van der Waals surface area contributed by atoms with E-state index in [1.54, 1.807) is 19.4 Å². The van der Waals surface area contributed by atoms with E-state index < -0.39 is 5.76 Å². The Hall–Kier alpha value is -3.89. The molecule has 182 valence electrons. The van der Waals surface area contributed by atoms with Gasteiger partial charge >= 0.3 is 5.76 Å². The molecule has 4 aromatic rings. The number of benzene rings is 2. The van der Waals surface area contributed by atoms with Crippen LogP contribution in [0.5, 0.6) is 11.5 Å². The van der Waals surface area contributed by atoms with Gasteiger partial charge in [0.25, 0.3) is 0 Å². The molecule has 0 radical (unpaired) electrons. The summed E-state index contributed by atoms with van der Waals surface area (Å²) in [5.74, 6) is 2.48. The van der Waals surface area contributed by atoms with E-state index in [0.29, 0.717) is 36.4 Å². The Morgan fingerprint density at radius 1 is 1.11 bits per heavy atom. The fourth-order valence-electron chi connectivity index (χ4n) is 4.14. The minimum atomic E-state index is -0.592. The molecule has 0 spiro atoms. The number of rotatable bonds is 8. The summed E-state index contributed by atoms with van der Waals surface area (Å²) in [5.41, 5.74) is 2.72. The SMILES string of the molecule is COc1ccc(C(c2ncc(COc3ccc(-c4noc(=O)[nH]4)c(C)c3)o2)N2CCOCC2)cc1. The topological polar surface area (TPSA) is 116 Å². The van der Waals surface area contributed by atoms with Crippen LogP contribution in [0.25, 0.3) is 11.4 Å². The fourth-order valence-corrected chi connectivity index (χ4v) is 4.14. The average molecular weight is 479 g/mol. The molecule has 2 aromatic heterocycles. The monoisotopic (exact) mass is 478 g/mol. The van der Waals surface area contributed by atoms with Gasteiger partial charge in [0.2, 0.25) is 5.89 Å². The van der Waals surface area contributed by atoms with E-state index in [0.717, 1.165) is 35.5 Å². The molecular formula is C25H26N4O6. The van der Waals surface area contributed by atoms with E-state index in [9.17, 15) is 4.79 Å². The van der Waals surface area contributed by atoms with Gasteiger partial charge in [-0.1, -0.05) is 17.3 Å². The molecule has 1 aliphatic heterocycles. The molecule has 1 unspecified atom stereocenters. The lowest BCUT2D eigenvalue weighted by Crippen LogP contribution is -2.39. The number of hydrogen-bond donors (Lipinski definition) is 1. The van der Waals surface area contributed by atoms with Crippen LogP contribution in [-0.4, -0.2) is 53.4 Å². The number of nitrogens with zero attached hydrogens (tertiary/aromatic N) is 3. The zero-order chi connectivity index (χ0) is 24.2. The molecule has 0 amide bonds. The van der Waals surface area contributed by atoms with Crippen LogP contribution in [0.3, 0.4) is 0 Å². The van der Waals surface area contributed by atoms with Crippen molar-refractivity contribution in [3.8, 4) is 22.9 Å². The summed E-state index contributed by atoms with van der Waals surface area (Å²) in [6.45, 7) is 5.04. The van der Waals surface area contributed by atoms with Gasteiger partial charge in [0.15, 0.2) is 11.6 Å². The zero-order valence-electron chi connectivity index (χ0n) is 19.5. The van der Waals surface area contributed by atoms with Crippen LogP contribution in [0.4, 0.5) is 0 Å². The molecule has 3 heterocycles. The van der Waals surface area contributed by atoms with Gasteiger partial charge < -0.3 is 18.6 Å². The molecule has 0 bridgehead atoms. The van der Waals surface area contributed by atoms with Gasteiger partial charge in [0.1, 0.15) is 24.1 Å². The fraction of sp³-hybridized carbons (Fsp3) is 0.320. The number of H-pyrrole nitrogens is 1. The molecule has 2 aromatic carbocycles. The van der Waals surface area contributed by atoms with Crippen molar-refractivity contribution in [2.75, 3.05) is 33.4 Å². The van der Waals surface area contributed by atoms with Crippen molar-refractivity contribution in [2.24, 2.45) is 0 Å². The maximum atomic E-state index is 11.2. The third kappa shape index (κ3) is 5.13. The highest BCUT2D eigenvalue weighted by Crippen LogP contribution is 2.31. The van der Waals surface area contributed by atoms with Crippen LogP contribution in [0.1, 0.15) is 28.8 Å². The predicted octanol–water partition coefficient (Wildman–Crippen LogP) is 3.34. The molecule has 10 heteroatoms. The van der Waals surface area contributed by atoms with Crippen molar-refractivity contribution in [1.29, 1.82) is 0 Å². The molecule has 1 N–H and O–H groups in total.